The van der Waals surface area contributed by atoms with Crippen LogP contribution in [0.3, 0.4) is 0 Å². The minimum Gasteiger partial charge on any atom is -0.394 e. The number of aliphatic hydroxyl groups excluding tert-OH is 1. The maximum Gasteiger partial charge on any atom is 0.243 e. The van der Waals surface area contributed by atoms with Gasteiger partial charge in [0.1, 0.15) is 11.6 Å². The van der Waals surface area contributed by atoms with Gasteiger partial charge in [-0.05, 0) is 65.6 Å². The molecule has 1 N–H and O–H groups in total. The number of aliphatic hydroxyl groups is 1. The number of benzene rings is 3. The van der Waals surface area contributed by atoms with Gasteiger partial charge in [-0.2, -0.15) is 4.31 Å². The summed E-state index contributed by atoms with van der Waals surface area (Å²) in [5.74, 6) is -1.06. The van der Waals surface area contributed by atoms with Gasteiger partial charge in [0.15, 0.2) is 0 Å². The molecule has 2 aliphatic heterocycles. The molecule has 0 aromatic heterocycles. The Morgan fingerprint density at radius 3 is 2.39 bits per heavy atom. The summed E-state index contributed by atoms with van der Waals surface area (Å²) in [5, 5.41) is 10.1. The van der Waals surface area contributed by atoms with E-state index in [1.54, 1.807) is 12.1 Å². The van der Waals surface area contributed by atoms with Gasteiger partial charge < -0.3 is 10.0 Å². The Morgan fingerprint density at radius 2 is 1.70 bits per heavy atom. The van der Waals surface area contributed by atoms with E-state index in [0.29, 0.717) is 6.42 Å². The van der Waals surface area contributed by atoms with Gasteiger partial charge in [-0.15, -0.1) is 0 Å². The molecule has 0 saturated carbocycles. The number of hydrogen-bond acceptors (Lipinski definition) is 4. The molecule has 2 aliphatic rings. The van der Waals surface area contributed by atoms with Gasteiger partial charge in [0, 0.05) is 25.2 Å². The highest BCUT2D eigenvalue weighted by Crippen LogP contribution is 2.51. The fraction of sp³-hybridized carbons (Fsp3) is 0.280. The second-order valence-corrected chi connectivity index (χ2v) is 10.5. The molecule has 5 rings (SSSR count). The number of likely N-dealkylation sites (N-methyl/N-ethyl adjacent to an activating group) is 1. The predicted molar refractivity (Wildman–Crippen MR) is 122 cm³/mol. The Kier molecular flexibility index (Phi) is 5.47. The molecule has 3 atom stereocenters. The average molecular weight is 471 g/mol. The Labute approximate surface area is 191 Å². The van der Waals surface area contributed by atoms with Crippen molar-refractivity contribution in [3.63, 3.8) is 0 Å². The second kappa shape index (κ2) is 8.20. The molecule has 3 aromatic carbocycles. The summed E-state index contributed by atoms with van der Waals surface area (Å²) in [6.45, 7) is 0.170. The molecule has 3 aromatic rings. The third-order valence-corrected chi connectivity index (χ3v) is 8.76. The highest BCUT2D eigenvalue weighted by Gasteiger charge is 2.50. The number of rotatable bonds is 4. The molecule has 0 amide bonds. The van der Waals surface area contributed by atoms with Crippen molar-refractivity contribution in [2.24, 2.45) is 5.92 Å². The van der Waals surface area contributed by atoms with Gasteiger partial charge >= 0.3 is 0 Å². The van der Waals surface area contributed by atoms with Crippen LogP contribution < -0.4 is 4.90 Å². The third kappa shape index (κ3) is 3.62. The summed E-state index contributed by atoms with van der Waals surface area (Å²) in [5.41, 5.74) is 3.33. The van der Waals surface area contributed by atoms with Crippen molar-refractivity contribution in [1.29, 1.82) is 0 Å². The van der Waals surface area contributed by atoms with Crippen LogP contribution in [0.15, 0.2) is 71.6 Å². The zero-order valence-electron chi connectivity index (χ0n) is 18.0. The third-order valence-electron chi connectivity index (χ3n) is 6.88. The molecule has 0 aliphatic carbocycles. The van der Waals surface area contributed by atoms with E-state index in [1.807, 2.05) is 30.1 Å². The molecule has 5 nitrogen and oxygen atoms in total. The van der Waals surface area contributed by atoms with Crippen molar-refractivity contribution >= 4 is 15.7 Å². The van der Waals surface area contributed by atoms with Crippen LogP contribution in [0.4, 0.5) is 14.5 Å². The van der Waals surface area contributed by atoms with Gasteiger partial charge in [-0.3, -0.25) is 0 Å². The van der Waals surface area contributed by atoms with Crippen LogP contribution in [0, 0.1) is 17.6 Å². The van der Waals surface area contributed by atoms with Gasteiger partial charge in [-0.1, -0.05) is 24.3 Å². The second-order valence-electron chi connectivity index (χ2n) is 8.61. The lowest BCUT2D eigenvalue weighted by atomic mass is 9.81. The van der Waals surface area contributed by atoms with Crippen LogP contribution in [0.2, 0.25) is 0 Å². The molecule has 1 fully saturated rings. The van der Waals surface area contributed by atoms with Gasteiger partial charge in [-0.25, -0.2) is 17.2 Å². The summed E-state index contributed by atoms with van der Waals surface area (Å²) in [6.07, 6.45) is 0.578. The summed E-state index contributed by atoms with van der Waals surface area (Å²) in [6, 6.07) is 16.2. The van der Waals surface area contributed by atoms with E-state index in [1.165, 1.54) is 34.6 Å². The number of sulfonamides is 1. The molecule has 2 heterocycles. The molecule has 8 heteroatoms. The molecule has 172 valence electrons. The lowest BCUT2D eigenvalue weighted by molar-refractivity contribution is 0.193. The van der Waals surface area contributed by atoms with E-state index in [9.17, 15) is 22.3 Å². The Bertz CT molecular complexity index is 1300. The standard InChI is InChI=1S/C25H24F2N2O3S/c1-28-23-10-7-17(16-5-8-18(26)9-6-16)13-22(23)25-21(24(28)15-30)11-12-29(25)33(31,32)20-4-2-3-19(27)14-20/h2-10,13-14,21,24-25,30H,11-12,15H2,1H3/t21-,24+,25-/m0/s1. The summed E-state index contributed by atoms with van der Waals surface area (Å²) < 4.78 is 55.8. The zero-order chi connectivity index (χ0) is 23.3. The van der Waals surface area contributed by atoms with Gasteiger partial charge in [0.2, 0.25) is 10.0 Å². The largest absolute Gasteiger partial charge is 0.394 e. The smallest absolute Gasteiger partial charge is 0.243 e. The first-order valence-electron chi connectivity index (χ1n) is 10.8. The van der Waals surface area contributed by atoms with Gasteiger partial charge in [0.25, 0.3) is 0 Å². The van der Waals surface area contributed by atoms with Crippen LogP contribution in [0.5, 0.6) is 0 Å². The minimum absolute atomic E-state index is 0.0844. The van der Waals surface area contributed by atoms with Crippen LogP contribution in [0.25, 0.3) is 11.1 Å². The van der Waals surface area contributed by atoms with Crippen LogP contribution in [-0.2, 0) is 10.0 Å². The van der Waals surface area contributed by atoms with Crippen molar-refractivity contribution in [2.75, 3.05) is 25.1 Å². The van der Waals surface area contributed by atoms with Crippen molar-refractivity contribution < 1.29 is 22.3 Å². The molecular weight excluding hydrogens is 446 g/mol. The zero-order valence-corrected chi connectivity index (χ0v) is 18.8. The van der Waals surface area contributed by atoms with E-state index in [2.05, 4.69) is 0 Å². The number of halogens is 2. The fourth-order valence-electron chi connectivity index (χ4n) is 5.27. The first-order chi connectivity index (χ1) is 15.8. The summed E-state index contributed by atoms with van der Waals surface area (Å²) >= 11 is 0. The lowest BCUT2D eigenvalue weighted by Crippen LogP contribution is -2.48. The van der Waals surface area contributed by atoms with E-state index < -0.39 is 21.9 Å². The highest BCUT2D eigenvalue weighted by molar-refractivity contribution is 7.89. The fourth-order valence-corrected chi connectivity index (χ4v) is 6.96. The van der Waals surface area contributed by atoms with Crippen molar-refractivity contribution in [3.05, 3.63) is 83.9 Å². The summed E-state index contributed by atoms with van der Waals surface area (Å²) in [4.78, 5) is 1.92. The highest BCUT2D eigenvalue weighted by atomic mass is 32.2. The maximum absolute atomic E-state index is 13.8. The lowest BCUT2D eigenvalue weighted by Gasteiger charge is -2.44. The Balaban J connectivity index is 1.64. The molecule has 0 spiro atoms. The SMILES string of the molecule is CN1c2ccc(-c3ccc(F)cc3)cc2[C@@H]2[C@@H](CCN2S(=O)(=O)c2cccc(F)c2)[C@H]1CO. The Hall–Kier alpha value is -2.81. The first kappa shape index (κ1) is 22.0. The minimum atomic E-state index is -3.96. The molecule has 1 saturated heterocycles. The van der Waals surface area contributed by atoms with Crippen LogP contribution in [0.1, 0.15) is 18.0 Å². The monoisotopic (exact) mass is 470 g/mol. The first-order valence-corrected chi connectivity index (χ1v) is 12.3. The van der Waals surface area contributed by atoms with Crippen LogP contribution >= 0.6 is 0 Å². The number of nitrogens with zero attached hydrogens (tertiary/aromatic N) is 2. The molecule has 0 radical (unpaired) electrons. The molecular formula is C25H24F2N2O3S. The van der Waals surface area contributed by atoms with E-state index in [0.717, 1.165) is 28.4 Å². The van der Waals surface area contributed by atoms with Gasteiger partial charge in [0.05, 0.1) is 23.6 Å². The van der Waals surface area contributed by atoms with E-state index in [-0.39, 0.29) is 35.8 Å². The van der Waals surface area contributed by atoms with E-state index in [4.69, 9.17) is 0 Å². The molecule has 0 bridgehead atoms. The average Bonchev–Trinajstić information content (AvgIpc) is 3.26. The number of hydrogen-bond donors (Lipinski definition) is 1. The number of anilines is 1. The quantitative estimate of drug-likeness (QED) is 0.621. The van der Waals surface area contributed by atoms with Crippen LogP contribution in [-0.4, -0.2) is 44.1 Å². The maximum atomic E-state index is 13.8. The topological polar surface area (TPSA) is 60.9 Å². The molecule has 0 unspecified atom stereocenters. The predicted octanol–water partition coefficient (Wildman–Crippen LogP) is 4.19. The Morgan fingerprint density at radius 1 is 0.970 bits per heavy atom. The van der Waals surface area contributed by atoms with Crippen molar-refractivity contribution in [1.82, 2.24) is 4.31 Å². The molecule has 33 heavy (non-hydrogen) atoms. The summed E-state index contributed by atoms with van der Waals surface area (Å²) in [7, 11) is -2.06. The van der Waals surface area contributed by atoms with Crippen molar-refractivity contribution in [2.45, 2.75) is 23.4 Å². The van der Waals surface area contributed by atoms with E-state index >= 15 is 0 Å². The number of fused-ring (bicyclic) bond motifs is 3. The van der Waals surface area contributed by atoms with Crippen molar-refractivity contribution in [3.8, 4) is 11.1 Å². The normalized spacial score (nSPS) is 22.8.